The van der Waals surface area contributed by atoms with Crippen molar-refractivity contribution in [2.24, 2.45) is 11.8 Å². The van der Waals surface area contributed by atoms with Crippen molar-refractivity contribution in [2.75, 3.05) is 19.0 Å². The number of nitrogens with zero attached hydrogens (tertiary/aromatic N) is 1. The molecule has 3 unspecified atom stereocenters. The van der Waals surface area contributed by atoms with Gasteiger partial charge in [-0.05, 0) is 37.2 Å². The molecule has 0 saturated heterocycles. The second-order valence-corrected chi connectivity index (χ2v) is 5.87. The standard InChI is InChI=1S/C15H22N2O2/c1-19-7-6-17-10-13(4-5-15(17)18)16-14-9-11-2-3-12(14)8-11/h4-5,10-12,14,16H,2-3,6-9H2,1H3. The summed E-state index contributed by atoms with van der Waals surface area (Å²) in [5, 5.41) is 3.62. The van der Waals surface area contributed by atoms with E-state index in [4.69, 9.17) is 4.74 Å². The number of ether oxygens (including phenoxy) is 1. The van der Waals surface area contributed by atoms with Gasteiger partial charge in [-0.3, -0.25) is 4.79 Å². The minimum absolute atomic E-state index is 0.0375. The molecule has 19 heavy (non-hydrogen) atoms. The SMILES string of the molecule is COCCn1cc(NC2CC3CCC2C3)ccc1=O. The Balaban J connectivity index is 1.69. The molecule has 2 aliphatic rings. The van der Waals surface area contributed by atoms with E-state index in [1.807, 2.05) is 12.3 Å². The molecule has 4 nitrogen and oxygen atoms in total. The van der Waals surface area contributed by atoms with Gasteiger partial charge in [0.25, 0.3) is 5.56 Å². The summed E-state index contributed by atoms with van der Waals surface area (Å²) in [6.45, 7) is 1.18. The van der Waals surface area contributed by atoms with E-state index < -0.39 is 0 Å². The first-order valence-electron chi connectivity index (χ1n) is 7.22. The largest absolute Gasteiger partial charge is 0.383 e. The Morgan fingerprint density at radius 1 is 1.37 bits per heavy atom. The van der Waals surface area contributed by atoms with Crippen LogP contribution in [0.15, 0.2) is 23.1 Å². The van der Waals surface area contributed by atoms with Gasteiger partial charge in [-0.15, -0.1) is 0 Å². The molecule has 1 aromatic rings. The summed E-state index contributed by atoms with van der Waals surface area (Å²) < 4.78 is 6.76. The van der Waals surface area contributed by atoms with Crippen LogP contribution < -0.4 is 10.9 Å². The number of rotatable bonds is 5. The maximum absolute atomic E-state index is 11.7. The van der Waals surface area contributed by atoms with Crippen molar-refractivity contribution in [3.05, 3.63) is 28.7 Å². The van der Waals surface area contributed by atoms with Crippen LogP contribution in [0, 0.1) is 11.8 Å². The molecule has 2 saturated carbocycles. The average molecular weight is 262 g/mol. The van der Waals surface area contributed by atoms with Crippen LogP contribution in [-0.2, 0) is 11.3 Å². The molecule has 1 heterocycles. The molecule has 0 amide bonds. The number of methoxy groups -OCH3 is 1. The third kappa shape index (κ3) is 2.68. The Labute approximate surface area is 113 Å². The first kappa shape index (κ1) is 12.7. The fourth-order valence-electron chi connectivity index (χ4n) is 3.62. The normalized spacial score (nSPS) is 28.8. The van der Waals surface area contributed by atoms with E-state index in [1.165, 1.54) is 25.7 Å². The summed E-state index contributed by atoms with van der Waals surface area (Å²) in [4.78, 5) is 11.7. The monoisotopic (exact) mass is 262 g/mol. The summed E-state index contributed by atoms with van der Waals surface area (Å²) in [5.41, 5.74) is 1.10. The van der Waals surface area contributed by atoms with Gasteiger partial charge in [-0.1, -0.05) is 6.42 Å². The van der Waals surface area contributed by atoms with Gasteiger partial charge < -0.3 is 14.6 Å². The summed E-state index contributed by atoms with van der Waals surface area (Å²) in [6, 6.07) is 4.15. The van der Waals surface area contributed by atoms with Crippen molar-refractivity contribution in [3.8, 4) is 0 Å². The zero-order chi connectivity index (χ0) is 13.2. The highest BCUT2D eigenvalue weighted by molar-refractivity contribution is 5.42. The van der Waals surface area contributed by atoms with Gasteiger partial charge in [0, 0.05) is 32.0 Å². The molecule has 1 aromatic heterocycles. The van der Waals surface area contributed by atoms with Gasteiger partial charge in [0.05, 0.1) is 12.3 Å². The van der Waals surface area contributed by atoms with E-state index in [-0.39, 0.29) is 5.56 Å². The molecule has 3 rings (SSSR count). The lowest BCUT2D eigenvalue weighted by atomic mass is 9.95. The fraction of sp³-hybridized carbons (Fsp3) is 0.667. The number of hydrogen-bond acceptors (Lipinski definition) is 3. The summed E-state index contributed by atoms with van der Waals surface area (Å²) >= 11 is 0. The van der Waals surface area contributed by atoms with Crippen molar-refractivity contribution < 1.29 is 4.74 Å². The van der Waals surface area contributed by atoms with Gasteiger partial charge >= 0.3 is 0 Å². The second-order valence-electron chi connectivity index (χ2n) is 5.87. The van der Waals surface area contributed by atoms with Crippen molar-refractivity contribution in [1.82, 2.24) is 4.57 Å². The zero-order valence-electron chi connectivity index (χ0n) is 11.5. The quantitative estimate of drug-likeness (QED) is 0.883. The maximum atomic E-state index is 11.7. The number of pyridine rings is 1. The minimum Gasteiger partial charge on any atom is -0.383 e. The molecule has 1 N–H and O–H groups in total. The molecule has 2 aliphatic carbocycles. The molecule has 3 atom stereocenters. The Morgan fingerprint density at radius 3 is 2.95 bits per heavy atom. The molecular formula is C15H22N2O2. The number of hydrogen-bond donors (Lipinski definition) is 1. The first-order valence-corrected chi connectivity index (χ1v) is 7.22. The van der Waals surface area contributed by atoms with Crippen LogP contribution in [0.25, 0.3) is 0 Å². The average Bonchev–Trinajstić information content (AvgIpc) is 3.01. The Bertz CT molecular complexity index is 497. The van der Waals surface area contributed by atoms with Gasteiger partial charge in [-0.2, -0.15) is 0 Å². The summed E-state index contributed by atoms with van der Waals surface area (Å²) in [5.74, 6) is 1.77. The molecule has 0 spiro atoms. The number of aromatic nitrogens is 1. The van der Waals surface area contributed by atoms with Crippen LogP contribution in [0.5, 0.6) is 0 Å². The van der Waals surface area contributed by atoms with Crippen LogP contribution in [0.2, 0.25) is 0 Å². The molecule has 4 heteroatoms. The van der Waals surface area contributed by atoms with Gasteiger partial charge in [0.2, 0.25) is 0 Å². The zero-order valence-corrected chi connectivity index (χ0v) is 11.5. The van der Waals surface area contributed by atoms with Crippen molar-refractivity contribution in [1.29, 1.82) is 0 Å². The highest BCUT2D eigenvalue weighted by atomic mass is 16.5. The molecule has 104 valence electrons. The highest BCUT2D eigenvalue weighted by Gasteiger charge is 2.39. The van der Waals surface area contributed by atoms with Crippen LogP contribution >= 0.6 is 0 Å². The van der Waals surface area contributed by atoms with Crippen LogP contribution in [0.3, 0.4) is 0 Å². The molecule has 2 fully saturated rings. The van der Waals surface area contributed by atoms with Crippen LogP contribution in [0.4, 0.5) is 5.69 Å². The molecule has 0 aromatic carbocycles. The van der Waals surface area contributed by atoms with Crippen molar-refractivity contribution >= 4 is 5.69 Å². The Morgan fingerprint density at radius 2 is 2.26 bits per heavy atom. The molecule has 0 radical (unpaired) electrons. The van der Waals surface area contributed by atoms with E-state index in [2.05, 4.69) is 5.32 Å². The van der Waals surface area contributed by atoms with Crippen molar-refractivity contribution in [3.63, 3.8) is 0 Å². The summed E-state index contributed by atoms with van der Waals surface area (Å²) in [6.07, 6.45) is 7.39. The molecule has 2 bridgehead atoms. The topological polar surface area (TPSA) is 43.3 Å². The van der Waals surface area contributed by atoms with Gasteiger partial charge in [0.15, 0.2) is 0 Å². The third-order valence-electron chi connectivity index (χ3n) is 4.61. The number of anilines is 1. The van der Waals surface area contributed by atoms with Gasteiger partial charge in [-0.25, -0.2) is 0 Å². The van der Waals surface area contributed by atoms with Crippen LogP contribution in [-0.4, -0.2) is 24.3 Å². The fourth-order valence-corrected chi connectivity index (χ4v) is 3.62. The summed E-state index contributed by atoms with van der Waals surface area (Å²) in [7, 11) is 1.66. The predicted molar refractivity (Wildman–Crippen MR) is 75.4 cm³/mol. The second kappa shape index (κ2) is 5.37. The van der Waals surface area contributed by atoms with E-state index in [9.17, 15) is 4.79 Å². The smallest absolute Gasteiger partial charge is 0.250 e. The predicted octanol–water partition coefficient (Wildman–Crippen LogP) is 2.10. The van der Waals surface area contributed by atoms with Crippen molar-refractivity contribution in [2.45, 2.75) is 38.3 Å². The third-order valence-corrected chi connectivity index (χ3v) is 4.61. The molecule has 0 aliphatic heterocycles. The maximum Gasteiger partial charge on any atom is 0.250 e. The van der Waals surface area contributed by atoms with E-state index in [0.717, 1.165) is 17.5 Å². The van der Waals surface area contributed by atoms with E-state index in [1.54, 1.807) is 17.7 Å². The Hall–Kier alpha value is -1.29. The minimum atomic E-state index is 0.0375. The van der Waals surface area contributed by atoms with E-state index in [0.29, 0.717) is 19.2 Å². The number of nitrogens with one attached hydrogen (secondary N) is 1. The lowest BCUT2D eigenvalue weighted by Gasteiger charge is -2.24. The lowest BCUT2D eigenvalue weighted by Crippen LogP contribution is -2.27. The van der Waals surface area contributed by atoms with Gasteiger partial charge in [0.1, 0.15) is 0 Å². The Kier molecular flexibility index (Phi) is 3.60. The lowest BCUT2D eigenvalue weighted by molar-refractivity contribution is 0.186. The number of fused-ring (bicyclic) bond motifs is 2. The van der Waals surface area contributed by atoms with Crippen LogP contribution in [0.1, 0.15) is 25.7 Å². The highest BCUT2D eigenvalue weighted by Crippen LogP contribution is 2.45. The van der Waals surface area contributed by atoms with E-state index >= 15 is 0 Å². The molecular weight excluding hydrogens is 240 g/mol. The first-order chi connectivity index (χ1) is 9.26.